The summed E-state index contributed by atoms with van der Waals surface area (Å²) in [4.78, 5) is 8.73. The molecule has 1 aliphatic rings. The molecule has 0 aliphatic heterocycles. The second-order valence-corrected chi connectivity index (χ2v) is 5.92. The minimum absolute atomic E-state index is 0.161. The number of rotatable bonds is 8. The zero-order valence-electron chi connectivity index (χ0n) is 10.9. The van der Waals surface area contributed by atoms with Gasteiger partial charge in [-0.3, -0.25) is 0 Å². The highest BCUT2D eigenvalue weighted by molar-refractivity contribution is 7.91. The number of hydrogen-bond donors (Lipinski definition) is 0. The van der Waals surface area contributed by atoms with Gasteiger partial charge < -0.3 is 13.8 Å². The number of oxime groups is 1. The van der Waals surface area contributed by atoms with Gasteiger partial charge in [0.2, 0.25) is 0 Å². The van der Waals surface area contributed by atoms with Crippen molar-refractivity contribution in [1.29, 1.82) is 0 Å². The quantitative estimate of drug-likeness (QED) is 0.419. The SMILES string of the molecule is [O-][S+](CCC(F)=C(F)F)c1ncc(C=NOCC2CC2)o1. The normalized spacial score (nSPS) is 16.2. The number of hydrogen-bond acceptors (Lipinski definition) is 5. The van der Waals surface area contributed by atoms with E-state index in [4.69, 9.17) is 9.25 Å². The predicted octanol–water partition coefficient (Wildman–Crippen LogP) is 3.01. The van der Waals surface area contributed by atoms with Crippen LogP contribution >= 0.6 is 0 Å². The largest absolute Gasteiger partial charge is 0.608 e. The molecule has 5 nitrogen and oxygen atoms in total. The van der Waals surface area contributed by atoms with Crippen LogP contribution in [0.3, 0.4) is 0 Å². The molecule has 1 unspecified atom stereocenters. The Labute approximate surface area is 122 Å². The molecule has 1 fully saturated rings. The molecule has 1 saturated carbocycles. The maximum absolute atomic E-state index is 12.6. The van der Waals surface area contributed by atoms with Crippen LogP contribution in [-0.2, 0) is 16.0 Å². The Morgan fingerprint density at radius 3 is 2.95 bits per heavy atom. The van der Waals surface area contributed by atoms with E-state index in [-0.39, 0.29) is 16.7 Å². The summed E-state index contributed by atoms with van der Waals surface area (Å²) in [5.41, 5.74) is 0. The molecular weight excluding hydrogens is 309 g/mol. The third-order valence-corrected chi connectivity index (χ3v) is 3.82. The first-order chi connectivity index (χ1) is 10.1. The number of aromatic nitrogens is 1. The molecule has 0 bridgehead atoms. The summed E-state index contributed by atoms with van der Waals surface area (Å²) in [5.74, 6) is -1.12. The summed E-state index contributed by atoms with van der Waals surface area (Å²) < 4.78 is 53.1. The fourth-order valence-electron chi connectivity index (χ4n) is 1.32. The third kappa shape index (κ3) is 5.43. The Balaban J connectivity index is 1.79. The molecule has 1 atom stereocenters. The molecule has 1 aromatic heterocycles. The summed E-state index contributed by atoms with van der Waals surface area (Å²) in [5, 5.41) is 3.51. The minimum atomic E-state index is -2.40. The molecule has 0 spiro atoms. The first kappa shape index (κ1) is 15.9. The van der Waals surface area contributed by atoms with Gasteiger partial charge in [0.15, 0.2) is 11.6 Å². The van der Waals surface area contributed by atoms with E-state index < -0.39 is 29.5 Å². The van der Waals surface area contributed by atoms with Crippen LogP contribution in [0.4, 0.5) is 13.2 Å². The molecule has 0 amide bonds. The van der Waals surface area contributed by atoms with Gasteiger partial charge in [-0.1, -0.05) is 5.16 Å². The Morgan fingerprint density at radius 2 is 2.29 bits per heavy atom. The molecule has 0 aromatic carbocycles. The van der Waals surface area contributed by atoms with E-state index in [0.717, 1.165) is 12.8 Å². The highest BCUT2D eigenvalue weighted by Gasteiger charge is 2.22. The summed E-state index contributed by atoms with van der Waals surface area (Å²) in [6.07, 6.45) is 1.80. The number of oxazole rings is 1. The van der Waals surface area contributed by atoms with E-state index in [2.05, 4.69) is 10.1 Å². The van der Waals surface area contributed by atoms with Crippen molar-refractivity contribution in [2.24, 2.45) is 11.1 Å². The van der Waals surface area contributed by atoms with Crippen LogP contribution < -0.4 is 0 Å². The lowest BCUT2D eigenvalue weighted by Crippen LogP contribution is -2.07. The van der Waals surface area contributed by atoms with Gasteiger partial charge >= 0.3 is 11.3 Å². The molecule has 1 aromatic rings. The van der Waals surface area contributed by atoms with Gasteiger partial charge in [-0.15, -0.1) is 0 Å². The second kappa shape index (κ2) is 7.51. The monoisotopic (exact) mass is 322 g/mol. The summed E-state index contributed by atoms with van der Waals surface area (Å²) in [6, 6.07) is 0. The lowest BCUT2D eigenvalue weighted by atomic mass is 10.4. The molecule has 1 heterocycles. The lowest BCUT2D eigenvalue weighted by molar-refractivity contribution is 0.135. The van der Waals surface area contributed by atoms with Gasteiger partial charge in [-0.25, -0.2) is 4.39 Å². The smallest absolute Gasteiger partial charge is 0.415 e. The van der Waals surface area contributed by atoms with Crippen molar-refractivity contribution in [3.05, 3.63) is 23.9 Å². The van der Waals surface area contributed by atoms with Crippen LogP contribution in [0, 0.1) is 5.92 Å². The van der Waals surface area contributed by atoms with E-state index in [1.54, 1.807) is 0 Å². The molecule has 0 saturated heterocycles. The Hall–Kier alpha value is -1.48. The Bertz CT molecular complexity index is 528. The predicted molar refractivity (Wildman–Crippen MR) is 69.0 cm³/mol. The van der Waals surface area contributed by atoms with Crippen molar-refractivity contribution in [2.75, 3.05) is 12.4 Å². The number of allylic oxidation sites excluding steroid dienone is 1. The molecule has 2 rings (SSSR count). The Morgan fingerprint density at radius 1 is 1.52 bits per heavy atom. The average Bonchev–Trinajstić information content (AvgIpc) is 3.16. The highest BCUT2D eigenvalue weighted by atomic mass is 32.2. The van der Waals surface area contributed by atoms with Crippen molar-refractivity contribution >= 4 is 17.4 Å². The molecular formula is C12H13F3N2O3S. The summed E-state index contributed by atoms with van der Waals surface area (Å²) >= 11 is -1.79. The highest BCUT2D eigenvalue weighted by Crippen LogP contribution is 2.28. The maximum atomic E-state index is 12.6. The first-order valence-corrected chi connectivity index (χ1v) is 7.57. The molecule has 1 aliphatic carbocycles. The minimum Gasteiger partial charge on any atom is -0.608 e. The first-order valence-electron chi connectivity index (χ1n) is 6.25. The summed E-state index contributed by atoms with van der Waals surface area (Å²) in [6.45, 7) is 0.545. The van der Waals surface area contributed by atoms with Crippen LogP contribution in [-0.4, -0.2) is 28.1 Å². The molecule has 21 heavy (non-hydrogen) atoms. The standard InChI is InChI=1S/C12H13F3N2O3S/c13-10(11(14)15)3-4-21(18)12-16-5-9(20-12)6-17-19-7-8-1-2-8/h5-6,8H,1-4,7H2. The van der Waals surface area contributed by atoms with Crippen LogP contribution in [0.25, 0.3) is 0 Å². The van der Waals surface area contributed by atoms with Gasteiger partial charge in [0.25, 0.3) is 0 Å². The molecule has 116 valence electrons. The van der Waals surface area contributed by atoms with E-state index >= 15 is 0 Å². The van der Waals surface area contributed by atoms with Crippen molar-refractivity contribution in [3.8, 4) is 0 Å². The van der Waals surface area contributed by atoms with E-state index in [0.29, 0.717) is 12.5 Å². The second-order valence-electron chi connectivity index (χ2n) is 4.47. The van der Waals surface area contributed by atoms with Crippen molar-refractivity contribution in [1.82, 2.24) is 4.98 Å². The molecule has 9 heteroatoms. The average molecular weight is 322 g/mol. The van der Waals surface area contributed by atoms with Crippen LogP contribution in [0.1, 0.15) is 25.0 Å². The van der Waals surface area contributed by atoms with Crippen molar-refractivity contribution in [3.63, 3.8) is 0 Å². The maximum Gasteiger partial charge on any atom is 0.415 e. The fraction of sp³-hybridized carbons (Fsp3) is 0.500. The number of halogens is 3. The summed E-state index contributed by atoms with van der Waals surface area (Å²) in [7, 11) is 0. The third-order valence-electron chi connectivity index (χ3n) is 2.67. The van der Waals surface area contributed by atoms with Gasteiger partial charge in [-0.2, -0.15) is 13.8 Å². The van der Waals surface area contributed by atoms with Crippen LogP contribution in [0.15, 0.2) is 32.9 Å². The van der Waals surface area contributed by atoms with Crippen molar-refractivity contribution in [2.45, 2.75) is 24.5 Å². The van der Waals surface area contributed by atoms with Gasteiger partial charge in [0, 0.05) is 11.2 Å². The topological polar surface area (TPSA) is 70.7 Å². The van der Waals surface area contributed by atoms with E-state index in [1.165, 1.54) is 12.4 Å². The van der Waals surface area contributed by atoms with Crippen LogP contribution in [0.2, 0.25) is 0 Å². The Kier molecular flexibility index (Phi) is 5.68. The van der Waals surface area contributed by atoms with Gasteiger partial charge in [0.05, 0.1) is 12.6 Å². The molecule has 0 radical (unpaired) electrons. The van der Waals surface area contributed by atoms with Crippen LogP contribution in [0.5, 0.6) is 0 Å². The zero-order chi connectivity index (χ0) is 15.2. The van der Waals surface area contributed by atoms with E-state index in [9.17, 15) is 17.7 Å². The molecule has 0 N–H and O–H groups in total. The van der Waals surface area contributed by atoms with E-state index in [1.807, 2.05) is 0 Å². The van der Waals surface area contributed by atoms with Crippen molar-refractivity contribution < 1.29 is 27.0 Å². The van der Waals surface area contributed by atoms with Gasteiger partial charge in [-0.05, 0) is 18.8 Å². The lowest BCUT2D eigenvalue weighted by Gasteiger charge is -2.03. The zero-order valence-corrected chi connectivity index (χ0v) is 11.7. The fourth-order valence-corrected chi connectivity index (χ4v) is 2.22. The number of nitrogens with zero attached hydrogens (tertiary/aromatic N) is 2. The van der Waals surface area contributed by atoms with Gasteiger partial charge in [0.1, 0.15) is 18.6 Å².